The van der Waals surface area contributed by atoms with Gasteiger partial charge in [-0.25, -0.2) is 10.0 Å². The van der Waals surface area contributed by atoms with Gasteiger partial charge in [-0.15, -0.1) is 5.10 Å². The Kier molecular flexibility index (Phi) is 3.72. The summed E-state index contributed by atoms with van der Waals surface area (Å²) in [5, 5.41) is 20.8. The molecule has 26 heavy (non-hydrogen) atoms. The Morgan fingerprint density at radius 3 is 2.46 bits per heavy atom. The van der Waals surface area contributed by atoms with Crippen molar-refractivity contribution in [2.75, 3.05) is 13.1 Å². The van der Waals surface area contributed by atoms with Crippen molar-refractivity contribution >= 4 is 11.8 Å². The van der Waals surface area contributed by atoms with Crippen LogP contribution in [0.25, 0.3) is 5.69 Å². The van der Waals surface area contributed by atoms with Crippen LogP contribution in [-0.4, -0.2) is 49.9 Å². The van der Waals surface area contributed by atoms with E-state index in [4.69, 9.17) is 0 Å². The van der Waals surface area contributed by atoms with Crippen LogP contribution in [0.2, 0.25) is 0 Å². The van der Waals surface area contributed by atoms with E-state index in [9.17, 15) is 14.9 Å². The number of benzene rings is 1. The van der Waals surface area contributed by atoms with Crippen LogP contribution in [0.15, 0.2) is 30.3 Å². The molecule has 1 saturated heterocycles. The van der Waals surface area contributed by atoms with Crippen LogP contribution in [0, 0.1) is 23.7 Å². The molecule has 1 aromatic carbocycles. The second-order valence-corrected chi connectivity index (χ2v) is 6.66. The molecule has 1 saturated carbocycles. The maximum Gasteiger partial charge on any atom is 0.294 e. The summed E-state index contributed by atoms with van der Waals surface area (Å²) in [7, 11) is 0. The fourth-order valence-electron chi connectivity index (χ4n) is 3.16. The van der Waals surface area contributed by atoms with Crippen LogP contribution in [0.4, 0.5) is 0 Å². The molecule has 2 aromatic rings. The first-order valence-electron chi connectivity index (χ1n) is 8.60. The van der Waals surface area contributed by atoms with Crippen LogP contribution < -0.4 is 0 Å². The van der Waals surface area contributed by atoms with E-state index in [0.717, 1.165) is 5.69 Å². The molecule has 1 aromatic heterocycles. The molecule has 2 heterocycles. The summed E-state index contributed by atoms with van der Waals surface area (Å²) >= 11 is 0. The number of nitrogens with zero attached hydrogens (tertiary/aromatic N) is 6. The van der Waals surface area contributed by atoms with Gasteiger partial charge >= 0.3 is 0 Å². The fourth-order valence-corrected chi connectivity index (χ4v) is 3.16. The van der Waals surface area contributed by atoms with Crippen LogP contribution in [-0.2, 0) is 4.79 Å². The molecular formula is C18H18N6O2. The summed E-state index contributed by atoms with van der Waals surface area (Å²) in [5.74, 6) is -0.636. The number of carbonyl (C=O) groups excluding carboxylic acids is 2. The van der Waals surface area contributed by atoms with Gasteiger partial charge in [0.05, 0.1) is 17.5 Å². The van der Waals surface area contributed by atoms with Gasteiger partial charge in [0.25, 0.3) is 11.8 Å². The van der Waals surface area contributed by atoms with E-state index in [1.807, 2.05) is 30.3 Å². The van der Waals surface area contributed by atoms with Crippen molar-refractivity contribution in [2.24, 2.45) is 5.41 Å². The number of hydrazine groups is 1. The Hall–Kier alpha value is -3.21. The van der Waals surface area contributed by atoms with Gasteiger partial charge in [-0.1, -0.05) is 18.2 Å². The largest absolute Gasteiger partial charge is 0.294 e. The highest BCUT2D eigenvalue weighted by Crippen LogP contribution is 2.47. The Morgan fingerprint density at radius 2 is 1.81 bits per heavy atom. The summed E-state index contributed by atoms with van der Waals surface area (Å²) < 4.78 is 0. The maximum absolute atomic E-state index is 13.0. The molecule has 132 valence electrons. The van der Waals surface area contributed by atoms with Gasteiger partial charge in [0, 0.05) is 13.1 Å². The van der Waals surface area contributed by atoms with E-state index in [0.29, 0.717) is 38.0 Å². The van der Waals surface area contributed by atoms with Gasteiger partial charge in [-0.3, -0.25) is 9.59 Å². The van der Waals surface area contributed by atoms with Gasteiger partial charge in [0.2, 0.25) is 0 Å². The molecule has 8 heteroatoms. The molecule has 2 fully saturated rings. The summed E-state index contributed by atoms with van der Waals surface area (Å²) in [6, 6.07) is 11.4. The van der Waals surface area contributed by atoms with Crippen LogP contribution in [0.3, 0.4) is 0 Å². The highest BCUT2D eigenvalue weighted by atomic mass is 16.2. The number of amides is 2. The van der Waals surface area contributed by atoms with Gasteiger partial charge in [-0.2, -0.15) is 15.2 Å². The predicted octanol–water partition coefficient (Wildman–Crippen LogP) is 1.47. The van der Waals surface area contributed by atoms with Crippen molar-refractivity contribution in [1.82, 2.24) is 25.0 Å². The minimum atomic E-state index is -0.945. The van der Waals surface area contributed by atoms with Crippen LogP contribution in [0.1, 0.15) is 35.4 Å². The van der Waals surface area contributed by atoms with Crippen molar-refractivity contribution in [3.05, 3.63) is 41.7 Å². The van der Waals surface area contributed by atoms with Gasteiger partial charge in [-0.05, 0) is 38.3 Å². The molecular weight excluding hydrogens is 332 g/mol. The molecule has 0 N–H and O–H groups in total. The number of para-hydroxylation sites is 1. The number of carbonyl (C=O) groups is 2. The monoisotopic (exact) mass is 350 g/mol. The number of hydrogen-bond donors (Lipinski definition) is 0. The van der Waals surface area contributed by atoms with E-state index < -0.39 is 5.41 Å². The molecule has 0 bridgehead atoms. The first kappa shape index (κ1) is 16.3. The first-order valence-corrected chi connectivity index (χ1v) is 8.60. The zero-order chi connectivity index (χ0) is 18.3. The molecule has 2 aliphatic rings. The zero-order valence-corrected chi connectivity index (χ0v) is 14.4. The molecule has 0 radical (unpaired) electrons. The van der Waals surface area contributed by atoms with E-state index >= 15 is 0 Å². The van der Waals surface area contributed by atoms with E-state index in [2.05, 4.69) is 16.3 Å². The topological polar surface area (TPSA) is 95.1 Å². The second-order valence-electron chi connectivity index (χ2n) is 6.66. The normalized spacial score (nSPS) is 17.8. The average Bonchev–Trinajstić information content (AvgIpc) is 3.14. The lowest BCUT2D eigenvalue weighted by atomic mass is 10.1. The maximum atomic E-state index is 13.0. The lowest BCUT2D eigenvalue weighted by Gasteiger charge is -2.28. The van der Waals surface area contributed by atoms with E-state index in [1.54, 1.807) is 6.92 Å². The van der Waals surface area contributed by atoms with E-state index in [-0.39, 0.29) is 17.5 Å². The highest BCUT2D eigenvalue weighted by Gasteiger charge is 2.54. The minimum Gasteiger partial charge on any atom is -0.271 e. The van der Waals surface area contributed by atoms with E-state index in [1.165, 1.54) is 14.8 Å². The third-order valence-electron chi connectivity index (χ3n) is 4.85. The van der Waals surface area contributed by atoms with Crippen molar-refractivity contribution < 1.29 is 9.59 Å². The quantitative estimate of drug-likeness (QED) is 0.835. The van der Waals surface area contributed by atoms with Gasteiger partial charge in [0.1, 0.15) is 5.41 Å². The summed E-state index contributed by atoms with van der Waals surface area (Å²) in [4.78, 5) is 27.1. The molecule has 0 atom stereocenters. The molecule has 0 spiro atoms. The third-order valence-corrected chi connectivity index (χ3v) is 4.85. The lowest BCUT2D eigenvalue weighted by molar-refractivity contribution is -0.144. The Bertz CT molecular complexity index is 910. The molecule has 4 rings (SSSR count). The Morgan fingerprint density at radius 1 is 1.12 bits per heavy atom. The third kappa shape index (κ3) is 2.52. The number of rotatable bonds is 3. The summed E-state index contributed by atoms with van der Waals surface area (Å²) in [5.41, 5.74) is 0.528. The van der Waals surface area contributed by atoms with Crippen molar-refractivity contribution in [3.63, 3.8) is 0 Å². The molecule has 1 aliphatic carbocycles. The first-order chi connectivity index (χ1) is 12.6. The van der Waals surface area contributed by atoms with Gasteiger partial charge in [0.15, 0.2) is 5.69 Å². The minimum absolute atomic E-state index is 0.218. The highest BCUT2D eigenvalue weighted by molar-refractivity contribution is 5.96. The second kappa shape index (κ2) is 5.95. The number of hydrogen-bond acceptors (Lipinski definition) is 5. The molecule has 0 unspecified atom stereocenters. The smallest absolute Gasteiger partial charge is 0.271 e. The average molecular weight is 350 g/mol. The van der Waals surface area contributed by atoms with Crippen LogP contribution in [0.5, 0.6) is 0 Å². The predicted molar refractivity (Wildman–Crippen MR) is 90.7 cm³/mol. The van der Waals surface area contributed by atoms with Gasteiger partial charge < -0.3 is 0 Å². The number of nitriles is 1. The number of aromatic nitrogens is 3. The molecule has 1 aliphatic heterocycles. The Labute approximate surface area is 150 Å². The Balaban J connectivity index is 1.60. The van der Waals surface area contributed by atoms with Crippen molar-refractivity contribution in [2.45, 2.75) is 26.2 Å². The summed E-state index contributed by atoms with van der Waals surface area (Å²) in [6.45, 7) is 2.60. The number of aryl methyl sites for hydroxylation is 1. The fraction of sp³-hybridized carbons (Fsp3) is 0.389. The SMILES string of the molecule is Cc1nn(-c2ccccc2)nc1C(=O)N1CCCN1C(=O)C1(C#N)CC1. The lowest BCUT2D eigenvalue weighted by Crippen LogP contribution is -2.48. The van der Waals surface area contributed by atoms with Crippen molar-refractivity contribution in [1.29, 1.82) is 5.26 Å². The standard InChI is InChI=1S/C18H18N6O2/c1-13-15(21-24(20-13)14-6-3-2-4-7-14)16(25)22-10-5-11-23(22)17(26)18(12-19)8-9-18/h2-4,6-7H,5,8-11H2,1H3. The van der Waals surface area contributed by atoms with Crippen molar-refractivity contribution in [3.8, 4) is 11.8 Å². The van der Waals surface area contributed by atoms with Crippen LogP contribution >= 0.6 is 0 Å². The summed E-state index contributed by atoms with van der Waals surface area (Å²) in [6.07, 6.45) is 1.80. The molecule has 2 amide bonds. The zero-order valence-electron chi connectivity index (χ0n) is 14.4. The molecule has 8 nitrogen and oxygen atoms in total.